The summed E-state index contributed by atoms with van der Waals surface area (Å²) in [6, 6.07) is 4.84. The second-order valence-electron chi connectivity index (χ2n) is 10.1. The number of aromatic carboxylic acids is 1. The molecule has 7 rings (SSSR count). The number of carbonyl (C=O) groups is 1. The quantitative estimate of drug-likeness (QED) is 0.358. The Kier molecular flexibility index (Phi) is 4.97. The number of aromatic nitrogens is 5. The number of carboxylic acids is 1. The Hall–Kier alpha value is -3.86. The summed E-state index contributed by atoms with van der Waals surface area (Å²) >= 11 is 5.87. The molecule has 0 aliphatic heterocycles. The minimum Gasteiger partial charge on any atom is -0.476 e. The molecule has 3 aromatic heterocycles. The van der Waals surface area contributed by atoms with Crippen LogP contribution in [0.1, 0.15) is 65.8 Å². The average molecular weight is 525 g/mol. The second kappa shape index (κ2) is 7.82. The first kappa shape index (κ1) is 23.5. The SMILES string of the molecule is Cc1noc(C23CC(c4nc5c([C@@H](C)Nc6ccc(Cl)nc6C(=O)O)cc(F)cc5c(=O)n4C)(C2)C3)n1. The third kappa shape index (κ3) is 3.44. The summed E-state index contributed by atoms with van der Waals surface area (Å²) in [5.41, 5.74) is -0.103. The van der Waals surface area contributed by atoms with Crippen molar-refractivity contribution in [2.75, 3.05) is 5.32 Å². The number of carboxylic acid groups (broad SMARTS) is 1. The number of halogens is 2. The highest BCUT2D eigenvalue weighted by Gasteiger charge is 2.73. The van der Waals surface area contributed by atoms with Crippen LogP contribution >= 0.6 is 11.6 Å². The lowest BCUT2D eigenvalue weighted by atomic mass is 9.34. The number of hydrogen-bond acceptors (Lipinski definition) is 8. The van der Waals surface area contributed by atoms with Crippen LogP contribution in [0.3, 0.4) is 0 Å². The van der Waals surface area contributed by atoms with Gasteiger partial charge in [0.25, 0.3) is 5.56 Å². The molecule has 0 radical (unpaired) electrons. The predicted octanol–water partition coefficient (Wildman–Crippen LogP) is 4.06. The molecule has 190 valence electrons. The fourth-order valence-corrected chi connectivity index (χ4v) is 6.11. The first-order chi connectivity index (χ1) is 17.5. The molecule has 2 N–H and O–H groups in total. The van der Waals surface area contributed by atoms with Crippen molar-refractivity contribution in [3.8, 4) is 0 Å². The lowest BCUT2D eigenvalue weighted by Crippen LogP contribution is -2.68. The molecular weight excluding hydrogens is 503 g/mol. The topological polar surface area (TPSA) is 136 Å². The van der Waals surface area contributed by atoms with E-state index in [9.17, 15) is 19.1 Å². The molecule has 12 heteroatoms. The van der Waals surface area contributed by atoms with Crippen LogP contribution in [0.2, 0.25) is 5.15 Å². The molecule has 3 aliphatic carbocycles. The summed E-state index contributed by atoms with van der Waals surface area (Å²) in [4.78, 5) is 38.2. The number of anilines is 1. The minimum atomic E-state index is -1.26. The van der Waals surface area contributed by atoms with Crippen molar-refractivity contribution in [1.29, 1.82) is 0 Å². The Morgan fingerprint density at radius 3 is 2.59 bits per heavy atom. The van der Waals surface area contributed by atoms with Crippen LogP contribution in [0.15, 0.2) is 33.6 Å². The fourth-order valence-electron chi connectivity index (χ4n) is 5.96. The van der Waals surface area contributed by atoms with Crippen LogP contribution in [0.5, 0.6) is 0 Å². The Bertz CT molecular complexity index is 1660. The van der Waals surface area contributed by atoms with Crippen molar-refractivity contribution in [2.24, 2.45) is 7.05 Å². The molecule has 0 spiro atoms. The third-order valence-electron chi connectivity index (χ3n) is 7.56. The van der Waals surface area contributed by atoms with Crippen molar-refractivity contribution in [2.45, 2.75) is 50.0 Å². The molecule has 0 saturated heterocycles. The normalized spacial score (nSPS) is 22.8. The minimum absolute atomic E-state index is 0.0358. The maximum Gasteiger partial charge on any atom is 0.356 e. The zero-order valence-electron chi connectivity index (χ0n) is 20.2. The van der Waals surface area contributed by atoms with Crippen LogP contribution in [-0.4, -0.2) is 35.8 Å². The molecule has 2 bridgehead atoms. The van der Waals surface area contributed by atoms with Crippen molar-refractivity contribution < 1.29 is 18.8 Å². The third-order valence-corrected chi connectivity index (χ3v) is 7.77. The van der Waals surface area contributed by atoms with Gasteiger partial charge in [0.15, 0.2) is 11.5 Å². The van der Waals surface area contributed by atoms with Gasteiger partial charge in [0.1, 0.15) is 16.8 Å². The first-order valence-corrected chi connectivity index (χ1v) is 12.1. The number of hydrogen-bond donors (Lipinski definition) is 2. The second-order valence-corrected chi connectivity index (χ2v) is 10.5. The molecule has 3 fully saturated rings. The first-order valence-electron chi connectivity index (χ1n) is 11.7. The van der Waals surface area contributed by atoms with E-state index >= 15 is 0 Å². The van der Waals surface area contributed by atoms with E-state index in [-0.39, 0.29) is 38.3 Å². The highest BCUT2D eigenvalue weighted by Crippen LogP contribution is 2.73. The number of nitrogens with zero attached hydrogens (tertiary/aromatic N) is 5. The zero-order valence-corrected chi connectivity index (χ0v) is 20.9. The maximum atomic E-state index is 14.7. The Morgan fingerprint density at radius 1 is 1.22 bits per heavy atom. The van der Waals surface area contributed by atoms with Gasteiger partial charge in [-0.15, -0.1) is 0 Å². The van der Waals surface area contributed by atoms with Gasteiger partial charge in [-0.3, -0.25) is 9.36 Å². The summed E-state index contributed by atoms with van der Waals surface area (Å²) in [7, 11) is 1.65. The molecule has 3 saturated carbocycles. The lowest BCUT2D eigenvalue weighted by Gasteiger charge is -2.68. The Labute approximate surface area is 214 Å². The monoisotopic (exact) mass is 524 g/mol. The van der Waals surface area contributed by atoms with Gasteiger partial charge in [0.05, 0.1) is 28.0 Å². The molecule has 0 unspecified atom stereocenters. The molecule has 4 aromatic rings. The Morgan fingerprint density at radius 2 is 1.95 bits per heavy atom. The van der Waals surface area contributed by atoms with Gasteiger partial charge < -0.3 is 14.9 Å². The predicted molar refractivity (Wildman–Crippen MR) is 131 cm³/mol. The van der Waals surface area contributed by atoms with Gasteiger partial charge in [-0.05, 0) is 57.4 Å². The van der Waals surface area contributed by atoms with Crippen LogP contribution in [0.25, 0.3) is 10.9 Å². The molecule has 10 nitrogen and oxygen atoms in total. The average Bonchev–Trinajstić information content (AvgIpc) is 3.22. The number of pyridine rings is 1. The Balaban J connectivity index is 1.40. The van der Waals surface area contributed by atoms with E-state index in [0.717, 1.165) is 19.3 Å². The van der Waals surface area contributed by atoms with Gasteiger partial charge in [-0.1, -0.05) is 16.8 Å². The maximum absolute atomic E-state index is 14.7. The standard InChI is InChI=1S/C25H22ClFN6O4/c1-11(28-16-4-5-17(26)30-19(16)21(35)36)14-6-13(27)7-15-18(14)31-22(33(3)20(15)34)24-8-25(9-24,10-24)23-29-12(2)32-37-23/h4-7,11,28H,8-10H2,1-3H3,(H,35,36)/t11-,24?,25?/m1/s1. The van der Waals surface area contributed by atoms with Crippen molar-refractivity contribution in [1.82, 2.24) is 24.7 Å². The van der Waals surface area contributed by atoms with Gasteiger partial charge in [-0.25, -0.2) is 19.2 Å². The molecule has 1 atom stereocenters. The van der Waals surface area contributed by atoms with Crippen molar-refractivity contribution in [3.63, 3.8) is 0 Å². The summed E-state index contributed by atoms with van der Waals surface area (Å²) in [5, 5.41) is 16.7. The molecule has 1 aromatic carbocycles. The van der Waals surface area contributed by atoms with E-state index in [1.54, 1.807) is 20.9 Å². The van der Waals surface area contributed by atoms with E-state index in [1.807, 2.05) is 0 Å². The van der Waals surface area contributed by atoms with E-state index in [1.165, 1.54) is 28.8 Å². The summed E-state index contributed by atoms with van der Waals surface area (Å²) < 4.78 is 21.6. The lowest BCUT2D eigenvalue weighted by molar-refractivity contribution is -0.0966. The molecular formula is C25H22ClFN6O4. The highest BCUT2D eigenvalue weighted by molar-refractivity contribution is 6.29. The van der Waals surface area contributed by atoms with E-state index in [0.29, 0.717) is 28.6 Å². The van der Waals surface area contributed by atoms with Crippen LogP contribution in [-0.2, 0) is 17.9 Å². The number of rotatable bonds is 6. The summed E-state index contributed by atoms with van der Waals surface area (Å²) in [6.07, 6.45) is 2.20. The van der Waals surface area contributed by atoms with E-state index in [4.69, 9.17) is 21.1 Å². The van der Waals surface area contributed by atoms with Gasteiger partial charge in [0.2, 0.25) is 5.89 Å². The van der Waals surface area contributed by atoms with Crippen molar-refractivity contribution >= 4 is 34.2 Å². The van der Waals surface area contributed by atoms with Gasteiger partial charge >= 0.3 is 5.97 Å². The number of benzene rings is 1. The van der Waals surface area contributed by atoms with Crippen LogP contribution in [0, 0.1) is 12.7 Å². The number of fused-ring (bicyclic) bond motifs is 1. The number of nitrogens with one attached hydrogen (secondary N) is 1. The van der Waals surface area contributed by atoms with Crippen LogP contribution in [0.4, 0.5) is 10.1 Å². The molecule has 3 heterocycles. The molecule has 37 heavy (non-hydrogen) atoms. The highest BCUT2D eigenvalue weighted by atomic mass is 35.5. The fraction of sp³-hybridized carbons (Fsp3) is 0.360. The molecule has 0 amide bonds. The number of aryl methyl sites for hydroxylation is 1. The van der Waals surface area contributed by atoms with E-state index in [2.05, 4.69) is 20.4 Å². The summed E-state index contributed by atoms with van der Waals surface area (Å²) in [6.45, 7) is 3.51. The zero-order chi connectivity index (χ0) is 26.3. The van der Waals surface area contributed by atoms with Crippen LogP contribution < -0.4 is 10.9 Å². The smallest absolute Gasteiger partial charge is 0.356 e. The van der Waals surface area contributed by atoms with E-state index < -0.39 is 17.8 Å². The van der Waals surface area contributed by atoms with Crippen molar-refractivity contribution in [3.05, 3.63) is 74.4 Å². The van der Waals surface area contributed by atoms with Gasteiger partial charge in [-0.2, -0.15) is 4.98 Å². The molecule has 3 aliphatic rings. The van der Waals surface area contributed by atoms with Gasteiger partial charge in [0, 0.05) is 18.0 Å². The largest absolute Gasteiger partial charge is 0.476 e. The summed E-state index contributed by atoms with van der Waals surface area (Å²) in [5.74, 6) is -0.0250.